The predicted molar refractivity (Wildman–Crippen MR) is 66.2 cm³/mol. The van der Waals surface area contributed by atoms with E-state index >= 15 is 0 Å². The van der Waals surface area contributed by atoms with Gasteiger partial charge in [-0.3, -0.25) is 0 Å². The molecule has 3 nitrogen and oxygen atoms in total. The highest BCUT2D eigenvalue weighted by atomic mass is 14.8. The molecule has 0 saturated carbocycles. The predicted octanol–water partition coefficient (Wildman–Crippen LogP) is 3.10. The molecule has 0 aliphatic rings. The number of nitriles is 1. The van der Waals surface area contributed by atoms with Crippen LogP contribution in [0.1, 0.15) is 5.56 Å². The Hall–Kier alpha value is -2.60. The summed E-state index contributed by atoms with van der Waals surface area (Å²) in [5, 5.41) is 10.2. The first-order chi connectivity index (χ1) is 8.40. The Morgan fingerprint density at radius 1 is 1.12 bits per heavy atom. The molecule has 0 unspecified atom stereocenters. The van der Waals surface area contributed by atoms with Gasteiger partial charge in [0, 0.05) is 23.3 Å². The van der Waals surface area contributed by atoms with Crippen LogP contribution in [0, 0.1) is 11.3 Å². The van der Waals surface area contributed by atoms with E-state index in [1.54, 1.807) is 12.4 Å². The number of H-pyrrole nitrogens is 1. The molecule has 0 saturated heterocycles. The lowest BCUT2D eigenvalue weighted by molar-refractivity contribution is 1.32. The number of aromatic nitrogens is 2. The van der Waals surface area contributed by atoms with Crippen LogP contribution in [0.2, 0.25) is 0 Å². The van der Waals surface area contributed by atoms with Gasteiger partial charge in [-0.15, -0.1) is 0 Å². The van der Waals surface area contributed by atoms with E-state index in [-0.39, 0.29) is 0 Å². The van der Waals surface area contributed by atoms with Crippen molar-refractivity contribution >= 4 is 11.0 Å². The molecule has 80 valence electrons. The second kappa shape index (κ2) is 3.76. The lowest BCUT2D eigenvalue weighted by Crippen LogP contribution is -1.88. The third-order valence-electron chi connectivity index (χ3n) is 2.78. The Morgan fingerprint density at radius 2 is 1.94 bits per heavy atom. The van der Waals surface area contributed by atoms with Crippen LogP contribution in [-0.4, -0.2) is 9.97 Å². The molecule has 0 bridgehead atoms. The molecule has 0 aliphatic heterocycles. The minimum absolute atomic E-state index is 0.669. The molecule has 0 aliphatic carbocycles. The van der Waals surface area contributed by atoms with Crippen molar-refractivity contribution in [3.8, 4) is 17.2 Å². The van der Waals surface area contributed by atoms with Gasteiger partial charge in [0.05, 0.1) is 5.56 Å². The van der Waals surface area contributed by atoms with Crippen LogP contribution in [0.15, 0.2) is 48.8 Å². The van der Waals surface area contributed by atoms with Crippen molar-refractivity contribution in [2.24, 2.45) is 0 Å². The third kappa shape index (κ3) is 1.47. The summed E-state index contributed by atoms with van der Waals surface area (Å²) < 4.78 is 0. The van der Waals surface area contributed by atoms with Crippen molar-refractivity contribution in [1.29, 1.82) is 5.26 Å². The maximum absolute atomic E-state index is 9.30. The molecule has 3 rings (SSSR count). The van der Waals surface area contributed by atoms with Crippen LogP contribution < -0.4 is 0 Å². The SMILES string of the molecule is N#Cc1c(-c2ccccc2)cnc2[nH]ccc12. The van der Waals surface area contributed by atoms with Crippen LogP contribution in [0.3, 0.4) is 0 Å². The largest absolute Gasteiger partial charge is 0.346 e. The summed E-state index contributed by atoms with van der Waals surface area (Å²) in [6.07, 6.45) is 3.54. The number of pyridine rings is 1. The van der Waals surface area contributed by atoms with E-state index in [1.807, 2.05) is 36.4 Å². The van der Waals surface area contributed by atoms with Gasteiger partial charge in [-0.05, 0) is 11.6 Å². The Morgan fingerprint density at radius 3 is 2.71 bits per heavy atom. The molecular weight excluding hydrogens is 210 g/mol. The molecule has 0 spiro atoms. The molecular formula is C14H9N3. The second-order valence-electron chi connectivity index (χ2n) is 3.76. The zero-order valence-corrected chi connectivity index (χ0v) is 9.01. The second-order valence-corrected chi connectivity index (χ2v) is 3.76. The van der Waals surface area contributed by atoms with E-state index < -0.39 is 0 Å². The highest BCUT2D eigenvalue weighted by Crippen LogP contribution is 2.27. The fraction of sp³-hybridized carbons (Fsp3) is 0. The van der Waals surface area contributed by atoms with Crippen LogP contribution in [0.5, 0.6) is 0 Å². The average Bonchev–Trinajstić information content (AvgIpc) is 2.86. The maximum Gasteiger partial charge on any atom is 0.138 e. The highest BCUT2D eigenvalue weighted by molar-refractivity contribution is 5.89. The summed E-state index contributed by atoms with van der Waals surface area (Å²) in [5.74, 6) is 0. The monoisotopic (exact) mass is 219 g/mol. The van der Waals surface area contributed by atoms with Gasteiger partial charge in [0.15, 0.2) is 0 Å². The molecule has 3 aromatic rings. The molecule has 2 aromatic heterocycles. The minimum Gasteiger partial charge on any atom is -0.346 e. The third-order valence-corrected chi connectivity index (χ3v) is 2.78. The van der Waals surface area contributed by atoms with Gasteiger partial charge in [-0.1, -0.05) is 30.3 Å². The molecule has 1 aromatic carbocycles. The lowest BCUT2D eigenvalue weighted by Gasteiger charge is -2.04. The minimum atomic E-state index is 0.669. The van der Waals surface area contributed by atoms with Crippen molar-refractivity contribution in [3.63, 3.8) is 0 Å². The van der Waals surface area contributed by atoms with Gasteiger partial charge in [-0.2, -0.15) is 5.26 Å². The number of rotatable bonds is 1. The highest BCUT2D eigenvalue weighted by Gasteiger charge is 2.10. The van der Waals surface area contributed by atoms with E-state index in [0.717, 1.165) is 22.2 Å². The maximum atomic E-state index is 9.30. The molecule has 0 atom stereocenters. The summed E-state index contributed by atoms with van der Waals surface area (Å²) in [6.45, 7) is 0. The van der Waals surface area contributed by atoms with Crippen LogP contribution in [0.25, 0.3) is 22.2 Å². The van der Waals surface area contributed by atoms with E-state index in [4.69, 9.17) is 0 Å². The normalized spacial score (nSPS) is 10.3. The van der Waals surface area contributed by atoms with E-state index in [1.165, 1.54) is 0 Å². The number of hydrogen-bond donors (Lipinski definition) is 1. The van der Waals surface area contributed by atoms with Gasteiger partial charge in [-0.25, -0.2) is 4.98 Å². The zero-order chi connectivity index (χ0) is 11.7. The van der Waals surface area contributed by atoms with Gasteiger partial charge in [0.25, 0.3) is 0 Å². The number of benzene rings is 1. The van der Waals surface area contributed by atoms with E-state index in [0.29, 0.717) is 5.56 Å². The standard InChI is InChI=1S/C14H9N3/c15-8-12-11-6-7-16-14(11)17-9-13(12)10-4-2-1-3-5-10/h1-7,9H,(H,16,17). The summed E-state index contributed by atoms with van der Waals surface area (Å²) in [7, 11) is 0. The summed E-state index contributed by atoms with van der Waals surface area (Å²) in [6, 6.07) is 14.0. The Balaban J connectivity index is 2.34. The fourth-order valence-electron chi connectivity index (χ4n) is 1.96. The molecule has 17 heavy (non-hydrogen) atoms. The average molecular weight is 219 g/mol. The molecule has 2 heterocycles. The number of aromatic amines is 1. The summed E-state index contributed by atoms with van der Waals surface area (Å²) in [4.78, 5) is 7.33. The fourth-order valence-corrected chi connectivity index (χ4v) is 1.96. The van der Waals surface area contributed by atoms with Gasteiger partial charge in [0.1, 0.15) is 11.7 Å². The molecule has 3 heteroatoms. The summed E-state index contributed by atoms with van der Waals surface area (Å²) in [5.41, 5.74) is 3.31. The van der Waals surface area contributed by atoms with Crippen molar-refractivity contribution in [3.05, 3.63) is 54.4 Å². The number of nitrogens with zero attached hydrogens (tertiary/aromatic N) is 2. The first kappa shape index (κ1) is 9.61. The van der Waals surface area contributed by atoms with Crippen molar-refractivity contribution in [2.75, 3.05) is 0 Å². The Bertz CT molecular complexity index is 705. The zero-order valence-electron chi connectivity index (χ0n) is 9.01. The van der Waals surface area contributed by atoms with Crippen LogP contribution in [-0.2, 0) is 0 Å². The first-order valence-electron chi connectivity index (χ1n) is 5.32. The molecule has 0 radical (unpaired) electrons. The van der Waals surface area contributed by atoms with Gasteiger partial charge >= 0.3 is 0 Å². The number of nitrogens with one attached hydrogen (secondary N) is 1. The van der Waals surface area contributed by atoms with Gasteiger partial charge < -0.3 is 4.98 Å². The van der Waals surface area contributed by atoms with E-state index in [2.05, 4.69) is 16.0 Å². The van der Waals surface area contributed by atoms with Gasteiger partial charge in [0.2, 0.25) is 0 Å². The van der Waals surface area contributed by atoms with Crippen LogP contribution in [0.4, 0.5) is 0 Å². The van der Waals surface area contributed by atoms with Crippen molar-refractivity contribution in [2.45, 2.75) is 0 Å². The first-order valence-corrected chi connectivity index (χ1v) is 5.32. The molecule has 0 fully saturated rings. The van der Waals surface area contributed by atoms with E-state index in [9.17, 15) is 5.26 Å². The number of fused-ring (bicyclic) bond motifs is 1. The van der Waals surface area contributed by atoms with Crippen molar-refractivity contribution < 1.29 is 0 Å². The van der Waals surface area contributed by atoms with Crippen LogP contribution >= 0.6 is 0 Å². The number of hydrogen-bond acceptors (Lipinski definition) is 2. The Labute approximate surface area is 98.4 Å². The Kier molecular flexibility index (Phi) is 2.13. The quantitative estimate of drug-likeness (QED) is 0.683. The lowest BCUT2D eigenvalue weighted by atomic mass is 10.0. The molecule has 0 amide bonds. The smallest absolute Gasteiger partial charge is 0.138 e. The molecule has 1 N–H and O–H groups in total. The van der Waals surface area contributed by atoms with Crippen molar-refractivity contribution in [1.82, 2.24) is 9.97 Å². The summed E-state index contributed by atoms with van der Waals surface area (Å²) >= 11 is 0. The topological polar surface area (TPSA) is 52.5 Å².